The van der Waals surface area contributed by atoms with Crippen LogP contribution >= 0.6 is 0 Å². The molecule has 1 unspecified atom stereocenters. The van der Waals surface area contributed by atoms with Crippen LogP contribution in [0.5, 0.6) is 11.5 Å². The average Bonchev–Trinajstić information content (AvgIpc) is 2.61. The highest BCUT2D eigenvalue weighted by Gasteiger charge is 2.38. The molecule has 0 aromatic heterocycles. The molecule has 6 heteroatoms. The number of ether oxygens (including phenoxy) is 2. The maximum absolute atomic E-state index is 14.1. The highest BCUT2D eigenvalue weighted by atomic mass is 19.1. The first kappa shape index (κ1) is 17.8. The van der Waals surface area contributed by atoms with Gasteiger partial charge in [-0.25, -0.2) is 4.39 Å². The Balaban J connectivity index is 1.37. The summed E-state index contributed by atoms with van der Waals surface area (Å²) in [4.78, 5) is 13.1. The normalized spacial score (nSPS) is 19.7. The molecule has 2 aliphatic heterocycles. The van der Waals surface area contributed by atoms with Crippen LogP contribution in [0.25, 0.3) is 0 Å². The molecule has 4 rings (SSSR count). The molecule has 1 fully saturated rings. The molecular formula is C21H22FNO4. The number of carboxylic acids is 1. The third kappa shape index (κ3) is 3.62. The predicted octanol–water partition coefficient (Wildman–Crippen LogP) is 3.03. The fourth-order valence-electron chi connectivity index (χ4n) is 3.61. The van der Waals surface area contributed by atoms with Crippen molar-refractivity contribution in [2.75, 3.05) is 19.7 Å². The van der Waals surface area contributed by atoms with E-state index in [1.54, 1.807) is 19.1 Å². The molecule has 0 spiro atoms. The van der Waals surface area contributed by atoms with E-state index in [0.717, 1.165) is 17.7 Å². The van der Waals surface area contributed by atoms with Gasteiger partial charge in [0.25, 0.3) is 0 Å². The Labute approximate surface area is 157 Å². The second-order valence-electron chi connectivity index (χ2n) is 7.26. The van der Waals surface area contributed by atoms with E-state index in [1.165, 1.54) is 0 Å². The first-order chi connectivity index (χ1) is 13.0. The maximum atomic E-state index is 14.1. The number of hydrogen-bond donors (Lipinski definition) is 1. The monoisotopic (exact) mass is 371 g/mol. The minimum atomic E-state index is -0.727. The molecule has 2 aliphatic rings. The largest absolute Gasteiger partial charge is 0.492 e. The summed E-state index contributed by atoms with van der Waals surface area (Å²) in [6.07, 6.45) is 0.828. The number of benzene rings is 2. The Hall–Kier alpha value is -2.60. The molecule has 1 saturated heterocycles. The lowest BCUT2D eigenvalue weighted by Gasteiger charge is -2.43. The number of halogens is 1. The number of likely N-dealkylation sites (tertiary alicyclic amines) is 1. The molecule has 0 bridgehead atoms. The van der Waals surface area contributed by atoms with E-state index in [2.05, 4.69) is 4.90 Å². The van der Waals surface area contributed by atoms with E-state index < -0.39 is 5.97 Å². The fourth-order valence-corrected chi connectivity index (χ4v) is 3.61. The molecule has 2 heterocycles. The first-order valence-corrected chi connectivity index (χ1v) is 9.10. The number of fused-ring (bicyclic) bond motifs is 1. The van der Waals surface area contributed by atoms with Crippen molar-refractivity contribution in [3.63, 3.8) is 0 Å². The van der Waals surface area contributed by atoms with Crippen LogP contribution in [0.2, 0.25) is 0 Å². The number of carboxylic acid groups (broad SMARTS) is 1. The van der Waals surface area contributed by atoms with Crippen molar-refractivity contribution in [2.24, 2.45) is 5.92 Å². The standard InChI is InChI=1S/C21H22FNO4/c1-13-3-2-4-15(20(13)22)11-26-18-6-5-14-7-17(12-27-19(14)8-18)23-9-16(10-23)21(24)25/h2-6,8,16-17H,7,9-12H2,1H3,(H,24,25). The molecular weight excluding hydrogens is 349 g/mol. The molecule has 0 aliphatic carbocycles. The lowest BCUT2D eigenvalue weighted by molar-refractivity contribution is -0.149. The number of aliphatic carboxylic acids is 1. The van der Waals surface area contributed by atoms with Crippen LogP contribution in [-0.4, -0.2) is 41.7 Å². The lowest BCUT2D eigenvalue weighted by atomic mass is 9.93. The summed E-state index contributed by atoms with van der Waals surface area (Å²) in [6.45, 7) is 3.61. The highest BCUT2D eigenvalue weighted by Crippen LogP contribution is 2.33. The Morgan fingerprint density at radius 3 is 2.93 bits per heavy atom. The van der Waals surface area contributed by atoms with Gasteiger partial charge in [0.05, 0.1) is 5.92 Å². The van der Waals surface area contributed by atoms with Gasteiger partial charge in [0.1, 0.15) is 30.5 Å². The predicted molar refractivity (Wildman–Crippen MR) is 97.6 cm³/mol. The first-order valence-electron chi connectivity index (χ1n) is 9.10. The third-order valence-electron chi connectivity index (χ3n) is 5.37. The summed E-state index contributed by atoms with van der Waals surface area (Å²) < 4.78 is 25.7. The molecule has 2 aromatic rings. The minimum Gasteiger partial charge on any atom is -0.492 e. The van der Waals surface area contributed by atoms with Gasteiger partial charge in [0, 0.05) is 30.8 Å². The molecule has 1 N–H and O–H groups in total. The molecule has 1 atom stereocenters. The number of aryl methyl sites for hydroxylation is 1. The van der Waals surface area contributed by atoms with Gasteiger partial charge in [0.2, 0.25) is 0 Å². The van der Waals surface area contributed by atoms with Gasteiger partial charge >= 0.3 is 5.97 Å². The molecule has 5 nitrogen and oxygen atoms in total. The third-order valence-corrected chi connectivity index (χ3v) is 5.37. The number of carbonyl (C=O) groups is 1. The van der Waals surface area contributed by atoms with Crippen LogP contribution in [0, 0.1) is 18.7 Å². The summed E-state index contributed by atoms with van der Waals surface area (Å²) in [5, 5.41) is 9.01. The number of rotatable bonds is 5. The van der Waals surface area contributed by atoms with Crippen molar-refractivity contribution in [1.29, 1.82) is 0 Å². The van der Waals surface area contributed by atoms with Crippen LogP contribution in [0.15, 0.2) is 36.4 Å². The topological polar surface area (TPSA) is 59.0 Å². The van der Waals surface area contributed by atoms with Gasteiger partial charge in [-0.3, -0.25) is 9.69 Å². The maximum Gasteiger partial charge on any atom is 0.309 e. The van der Waals surface area contributed by atoms with Gasteiger partial charge in [-0.2, -0.15) is 0 Å². The van der Waals surface area contributed by atoms with E-state index in [4.69, 9.17) is 14.6 Å². The molecule has 2 aromatic carbocycles. The smallest absolute Gasteiger partial charge is 0.309 e. The van der Waals surface area contributed by atoms with E-state index >= 15 is 0 Å². The molecule has 0 amide bonds. The molecule has 0 saturated carbocycles. The zero-order chi connectivity index (χ0) is 19.0. The summed E-state index contributed by atoms with van der Waals surface area (Å²) in [5.41, 5.74) is 2.21. The van der Waals surface area contributed by atoms with E-state index in [9.17, 15) is 9.18 Å². The van der Waals surface area contributed by atoms with Gasteiger partial charge in [0.15, 0.2) is 0 Å². The summed E-state index contributed by atoms with van der Waals surface area (Å²) in [7, 11) is 0. The van der Waals surface area contributed by atoms with Gasteiger partial charge in [-0.15, -0.1) is 0 Å². The van der Waals surface area contributed by atoms with Crippen molar-refractivity contribution in [2.45, 2.75) is 26.0 Å². The van der Waals surface area contributed by atoms with E-state index in [-0.39, 0.29) is 24.4 Å². The van der Waals surface area contributed by atoms with Crippen molar-refractivity contribution in [1.82, 2.24) is 4.90 Å². The second-order valence-corrected chi connectivity index (χ2v) is 7.26. The molecule has 27 heavy (non-hydrogen) atoms. The van der Waals surface area contributed by atoms with Crippen molar-refractivity contribution in [3.8, 4) is 11.5 Å². The van der Waals surface area contributed by atoms with E-state index in [0.29, 0.717) is 36.6 Å². The Morgan fingerprint density at radius 2 is 2.15 bits per heavy atom. The number of nitrogens with zero attached hydrogens (tertiary/aromatic N) is 1. The van der Waals surface area contributed by atoms with Crippen LogP contribution in [0.3, 0.4) is 0 Å². The van der Waals surface area contributed by atoms with Gasteiger partial charge in [-0.1, -0.05) is 24.3 Å². The zero-order valence-corrected chi connectivity index (χ0v) is 15.2. The van der Waals surface area contributed by atoms with Crippen molar-refractivity contribution in [3.05, 3.63) is 58.9 Å². The Kier molecular flexibility index (Phi) is 4.74. The van der Waals surface area contributed by atoms with Crippen LogP contribution in [0.1, 0.15) is 16.7 Å². The van der Waals surface area contributed by atoms with Crippen LogP contribution < -0.4 is 9.47 Å². The van der Waals surface area contributed by atoms with E-state index in [1.807, 2.05) is 24.3 Å². The summed E-state index contributed by atoms with van der Waals surface area (Å²) in [6, 6.07) is 11.2. The quantitative estimate of drug-likeness (QED) is 0.876. The SMILES string of the molecule is Cc1cccc(COc2ccc3c(c2)OCC(N2CC(C(=O)O)C2)C3)c1F. The van der Waals surface area contributed by atoms with Gasteiger partial charge < -0.3 is 14.6 Å². The average molecular weight is 371 g/mol. The second kappa shape index (κ2) is 7.19. The Bertz CT molecular complexity index is 863. The minimum absolute atomic E-state index is 0.166. The van der Waals surface area contributed by atoms with Crippen molar-refractivity contribution >= 4 is 5.97 Å². The molecule has 0 radical (unpaired) electrons. The number of hydrogen-bond acceptors (Lipinski definition) is 4. The Morgan fingerprint density at radius 1 is 1.33 bits per heavy atom. The molecule has 142 valence electrons. The van der Waals surface area contributed by atoms with Crippen LogP contribution in [0.4, 0.5) is 4.39 Å². The fraction of sp³-hybridized carbons (Fsp3) is 0.381. The summed E-state index contributed by atoms with van der Waals surface area (Å²) in [5.74, 6) is 0.204. The van der Waals surface area contributed by atoms with Gasteiger partial charge in [-0.05, 0) is 30.5 Å². The van der Waals surface area contributed by atoms with Crippen LogP contribution in [-0.2, 0) is 17.8 Å². The zero-order valence-electron chi connectivity index (χ0n) is 15.2. The lowest BCUT2D eigenvalue weighted by Crippen LogP contribution is -2.57. The van der Waals surface area contributed by atoms with Crippen molar-refractivity contribution < 1.29 is 23.8 Å². The summed E-state index contributed by atoms with van der Waals surface area (Å²) >= 11 is 0. The highest BCUT2D eigenvalue weighted by molar-refractivity contribution is 5.71.